The molecule has 2 aromatic carbocycles. The number of carbonyl (C=O) groups is 1. The molecule has 0 spiro atoms. The monoisotopic (exact) mass is 463 g/mol. The van der Waals surface area contributed by atoms with Crippen LogP contribution in [0.2, 0.25) is 0 Å². The van der Waals surface area contributed by atoms with Crippen LogP contribution in [0.4, 0.5) is 5.69 Å². The molecular weight excluding hydrogens is 438 g/mol. The molecular formula is C24H25N5O3S. The van der Waals surface area contributed by atoms with Crippen LogP contribution in [-0.2, 0) is 17.9 Å². The van der Waals surface area contributed by atoms with Crippen LogP contribution in [-0.4, -0.2) is 38.1 Å². The number of thioether (sulfide) groups is 1. The Labute approximate surface area is 195 Å². The van der Waals surface area contributed by atoms with Crippen molar-refractivity contribution in [2.45, 2.75) is 32.1 Å². The van der Waals surface area contributed by atoms with Gasteiger partial charge in [0.2, 0.25) is 5.91 Å². The summed E-state index contributed by atoms with van der Waals surface area (Å²) in [7, 11) is 1.61. The maximum absolute atomic E-state index is 13.5. The van der Waals surface area contributed by atoms with E-state index in [-0.39, 0.29) is 17.2 Å². The molecule has 0 unspecified atom stereocenters. The Hall–Kier alpha value is -3.59. The van der Waals surface area contributed by atoms with Crippen molar-refractivity contribution < 1.29 is 9.53 Å². The van der Waals surface area contributed by atoms with Gasteiger partial charge >= 0.3 is 0 Å². The summed E-state index contributed by atoms with van der Waals surface area (Å²) in [6.45, 7) is 4.67. The second-order valence-electron chi connectivity index (χ2n) is 7.44. The molecule has 4 rings (SSSR count). The van der Waals surface area contributed by atoms with Crippen molar-refractivity contribution in [1.29, 1.82) is 0 Å². The predicted octanol–water partition coefficient (Wildman–Crippen LogP) is 3.71. The second-order valence-corrected chi connectivity index (χ2v) is 8.38. The Kier molecular flexibility index (Phi) is 6.79. The molecule has 0 saturated heterocycles. The van der Waals surface area contributed by atoms with E-state index < -0.39 is 0 Å². The van der Waals surface area contributed by atoms with Crippen LogP contribution in [0.3, 0.4) is 0 Å². The summed E-state index contributed by atoms with van der Waals surface area (Å²) in [4.78, 5) is 30.8. The number of amides is 1. The van der Waals surface area contributed by atoms with Gasteiger partial charge in [-0.1, -0.05) is 42.1 Å². The molecule has 1 N–H and O–H groups in total. The molecule has 0 aliphatic carbocycles. The molecule has 0 aliphatic heterocycles. The summed E-state index contributed by atoms with van der Waals surface area (Å²) in [6.07, 6.45) is 0. The van der Waals surface area contributed by atoms with Crippen LogP contribution >= 0.6 is 11.8 Å². The van der Waals surface area contributed by atoms with E-state index in [0.29, 0.717) is 35.0 Å². The van der Waals surface area contributed by atoms with Crippen molar-refractivity contribution >= 4 is 34.4 Å². The third-order valence-electron chi connectivity index (χ3n) is 5.17. The Morgan fingerprint density at radius 2 is 1.85 bits per heavy atom. The first kappa shape index (κ1) is 22.6. The van der Waals surface area contributed by atoms with Crippen molar-refractivity contribution in [3.05, 3.63) is 76.2 Å². The maximum atomic E-state index is 13.5. The fourth-order valence-corrected chi connectivity index (χ4v) is 4.32. The largest absolute Gasteiger partial charge is 0.497 e. The number of nitrogens with one attached hydrogen (secondary N) is 1. The molecule has 0 saturated carbocycles. The number of nitrogens with zero attached hydrogens (tertiary/aromatic N) is 4. The van der Waals surface area contributed by atoms with Gasteiger partial charge in [-0.25, -0.2) is 4.98 Å². The summed E-state index contributed by atoms with van der Waals surface area (Å²) in [5.74, 6) is 0.695. The van der Waals surface area contributed by atoms with E-state index in [2.05, 4.69) is 10.4 Å². The predicted molar refractivity (Wildman–Crippen MR) is 130 cm³/mol. The molecule has 8 nitrogen and oxygen atoms in total. The second kappa shape index (κ2) is 9.91. The van der Waals surface area contributed by atoms with Crippen LogP contribution in [0, 0.1) is 6.92 Å². The zero-order valence-electron chi connectivity index (χ0n) is 18.7. The maximum Gasteiger partial charge on any atom is 0.280 e. The van der Waals surface area contributed by atoms with Gasteiger partial charge < -0.3 is 10.1 Å². The highest BCUT2D eigenvalue weighted by Gasteiger charge is 2.19. The van der Waals surface area contributed by atoms with E-state index in [1.54, 1.807) is 16.4 Å². The van der Waals surface area contributed by atoms with E-state index in [1.807, 2.05) is 68.4 Å². The van der Waals surface area contributed by atoms with Gasteiger partial charge in [-0.15, -0.1) is 0 Å². The lowest BCUT2D eigenvalue weighted by molar-refractivity contribution is -0.113. The SMILES string of the molecule is CCn1nc(C)c2nc(SCC(=O)Nc3ccccc3)n(Cc3ccc(OC)cc3)c(=O)c21. The molecule has 4 aromatic rings. The van der Waals surface area contributed by atoms with Crippen LogP contribution in [0.25, 0.3) is 11.0 Å². The molecule has 0 bridgehead atoms. The first-order chi connectivity index (χ1) is 16.0. The normalized spacial score (nSPS) is 11.0. The molecule has 170 valence electrons. The molecule has 2 aromatic heterocycles. The highest BCUT2D eigenvalue weighted by molar-refractivity contribution is 7.99. The van der Waals surface area contributed by atoms with Crippen LogP contribution in [0.1, 0.15) is 18.2 Å². The van der Waals surface area contributed by atoms with E-state index in [9.17, 15) is 9.59 Å². The summed E-state index contributed by atoms with van der Waals surface area (Å²) in [5.41, 5.74) is 3.21. The number of aromatic nitrogens is 4. The van der Waals surface area contributed by atoms with Crippen LogP contribution < -0.4 is 15.6 Å². The number of benzene rings is 2. The quantitative estimate of drug-likeness (QED) is 0.316. The topological polar surface area (TPSA) is 91.0 Å². The van der Waals surface area contributed by atoms with Gasteiger partial charge in [-0.2, -0.15) is 5.10 Å². The fourth-order valence-electron chi connectivity index (χ4n) is 3.53. The van der Waals surface area contributed by atoms with Gasteiger partial charge in [-0.05, 0) is 43.7 Å². The summed E-state index contributed by atoms with van der Waals surface area (Å²) < 4.78 is 8.52. The highest BCUT2D eigenvalue weighted by atomic mass is 32.2. The number of methoxy groups -OCH3 is 1. The van der Waals surface area contributed by atoms with Gasteiger partial charge in [0.1, 0.15) is 11.3 Å². The smallest absolute Gasteiger partial charge is 0.280 e. The number of hydrogen-bond acceptors (Lipinski definition) is 6. The van der Waals surface area contributed by atoms with E-state index in [4.69, 9.17) is 9.72 Å². The highest BCUT2D eigenvalue weighted by Crippen LogP contribution is 2.22. The summed E-state index contributed by atoms with van der Waals surface area (Å²) >= 11 is 1.23. The third kappa shape index (κ3) is 4.93. The van der Waals surface area contributed by atoms with Gasteiger partial charge in [0.25, 0.3) is 5.56 Å². The van der Waals surface area contributed by atoms with Crippen molar-refractivity contribution in [2.24, 2.45) is 0 Å². The molecule has 0 aliphatic rings. The lowest BCUT2D eigenvalue weighted by Gasteiger charge is -2.13. The molecule has 1 amide bonds. The number of hydrogen-bond donors (Lipinski definition) is 1. The van der Waals surface area contributed by atoms with E-state index in [0.717, 1.165) is 17.0 Å². The Morgan fingerprint density at radius 3 is 2.52 bits per heavy atom. The lowest BCUT2D eigenvalue weighted by atomic mass is 10.2. The van der Waals surface area contributed by atoms with Crippen molar-refractivity contribution in [3.8, 4) is 5.75 Å². The number of aryl methyl sites for hydroxylation is 2. The molecule has 2 heterocycles. The number of anilines is 1. The standard InChI is InChI=1S/C24H25N5O3S/c1-4-29-22-21(16(2)27-29)26-24(33-15-20(30)25-18-8-6-5-7-9-18)28(23(22)31)14-17-10-12-19(32-3)13-11-17/h5-13H,4,14-15H2,1-3H3,(H,25,30). The molecule has 33 heavy (non-hydrogen) atoms. The average Bonchev–Trinajstić information content (AvgIpc) is 3.16. The van der Waals surface area contributed by atoms with Crippen molar-refractivity contribution in [3.63, 3.8) is 0 Å². The summed E-state index contributed by atoms with van der Waals surface area (Å²) in [5, 5.41) is 7.81. The minimum Gasteiger partial charge on any atom is -0.497 e. The number of para-hydroxylation sites is 1. The van der Waals surface area contributed by atoms with Crippen LogP contribution in [0.5, 0.6) is 5.75 Å². The fraction of sp³-hybridized carbons (Fsp3) is 0.250. The molecule has 0 fully saturated rings. The van der Waals surface area contributed by atoms with Crippen LogP contribution in [0.15, 0.2) is 64.5 Å². The molecule has 0 atom stereocenters. The first-order valence-corrected chi connectivity index (χ1v) is 11.6. The van der Waals surface area contributed by atoms with E-state index >= 15 is 0 Å². The first-order valence-electron chi connectivity index (χ1n) is 10.6. The number of carbonyl (C=O) groups excluding carboxylic acids is 1. The van der Waals surface area contributed by atoms with Crippen molar-refractivity contribution in [2.75, 3.05) is 18.2 Å². The zero-order chi connectivity index (χ0) is 23.4. The minimum absolute atomic E-state index is 0.121. The summed E-state index contributed by atoms with van der Waals surface area (Å²) in [6, 6.07) is 16.8. The van der Waals surface area contributed by atoms with E-state index in [1.165, 1.54) is 11.8 Å². The molecule has 0 radical (unpaired) electrons. The Balaban J connectivity index is 1.68. The number of fused-ring (bicyclic) bond motifs is 1. The average molecular weight is 464 g/mol. The third-order valence-corrected chi connectivity index (χ3v) is 6.15. The van der Waals surface area contributed by atoms with Gasteiger partial charge in [-0.3, -0.25) is 18.8 Å². The van der Waals surface area contributed by atoms with Gasteiger partial charge in [0.05, 0.1) is 25.1 Å². The van der Waals surface area contributed by atoms with Gasteiger partial charge in [0.15, 0.2) is 10.7 Å². The Morgan fingerprint density at radius 1 is 1.12 bits per heavy atom. The lowest BCUT2D eigenvalue weighted by Crippen LogP contribution is -2.26. The number of ether oxygens (including phenoxy) is 1. The number of rotatable bonds is 8. The Bertz CT molecular complexity index is 1330. The van der Waals surface area contributed by atoms with Crippen molar-refractivity contribution in [1.82, 2.24) is 19.3 Å². The van der Waals surface area contributed by atoms with Gasteiger partial charge in [0, 0.05) is 12.2 Å². The molecule has 9 heteroatoms. The minimum atomic E-state index is -0.177. The zero-order valence-corrected chi connectivity index (χ0v) is 19.6.